The third-order valence-corrected chi connectivity index (χ3v) is 8.12. The summed E-state index contributed by atoms with van der Waals surface area (Å²) in [5.74, 6) is -2.71. The first-order chi connectivity index (χ1) is 21.3. The third-order valence-electron chi connectivity index (χ3n) is 8.12. The summed E-state index contributed by atoms with van der Waals surface area (Å²) < 4.78 is 4.91. The van der Waals surface area contributed by atoms with E-state index in [0.717, 1.165) is 29.8 Å². The number of nitrogens with one attached hydrogen (secondary N) is 1. The van der Waals surface area contributed by atoms with Gasteiger partial charge in [-0.3, -0.25) is 19.5 Å². The number of benzene rings is 3. The number of rotatable bonds is 11. The number of aliphatic carboxylic acids is 1. The fourth-order valence-electron chi connectivity index (χ4n) is 5.88. The Balaban J connectivity index is 1.39. The minimum Gasteiger partial charge on any atom is -0.480 e. The molecule has 2 fully saturated rings. The van der Waals surface area contributed by atoms with E-state index >= 15 is 0 Å². The molecule has 3 amide bonds. The maximum Gasteiger partial charge on any atom is 0.416 e. The molecular formula is C34H36N4O6. The van der Waals surface area contributed by atoms with Crippen molar-refractivity contribution in [2.75, 3.05) is 25.0 Å². The van der Waals surface area contributed by atoms with Crippen LogP contribution >= 0.6 is 0 Å². The van der Waals surface area contributed by atoms with E-state index in [1.807, 2.05) is 30.3 Å². The van der Waals surface area contributed by atoms with Crippen molar-refractivity contribution >= 4 is 35.3 Å². The number of amides is 3. The number of likely N-dealkylation sites (tertiary alicyclic amines) is 1. The van der Waals surface area contributed by atoms with Crippen LogP contribution in [0, 0.1) is 0 Å². The molecule has 10 heteroatoms. The molecule has 0 bridgehead atoms. The van der Waals surface area contributed by atoms with Crippen LogP contribution in [-0.2, 0) is 25.7 Å². The van der Waals surface area contributed by atoms with Gasteiger partial charge in [-0.15, -0.1) is 0 Å². The molecule has 2 aliphatic heterocycles. The molecule has 0 aliphatic carbocycles. The number of aliphatic imine (C=N–C) groups is 1. The summed E-state index contributed by atoms with van der Waals surface area (Å²) in [6.07, 6.45) is 0.682. The normalized spacial score (nSPS) is 18.5. The van der Waals surface area contributed by atoms with Crippen LogP contribution in [0.15, 0.2) is 89.9 Å². The Morgan fingerprint density at radius 1 is 0.977 bits per heavy atom. The highest BCUT2D eigenvalue weighted by Crippen LogP contribution is 2.29. The number of carbonyl (C=O) groups is 4. The van der Waals surface area contributed by atoms with Gasteiger partial charge in [0.25, 0.3) is 0 Å². The predicted molar refractivity (Wildman–Crippen MR) is 165 cm³/mol. The predicted octanol–water partition coefficient (Wildman–Crippen LogP) is 4.70. The minimum absolute atomic E-state index is 0.105. The fraction of sp³-hybridized carbons (Fsp3) is 0.324. The van der Waals surface area contributed by atoms with Crippen LogP contribution in [-0.4, -0.2) is 76.3 Å². The van der Waals surface area contributed by atoms with Gasteiger partial charge in [0.2, 0.25) is 11.8 Å². The standard InChI is InChI=1S/C34H36N4O6/c1-23(35-31(33(41)42)27(25-13-6-3-7-14-25)21-30(39)38-19-20-44-34(38)43)26-15-8-9-16-28(26)36-32(40)29-17-10-18-37(29)22-24-11-4-2-5-12-24/h2-9,11-16,27,29,31H,10,17-22H2,1H3,(H,36,40)(H,41,42)/t27-,29-,31+/m0/s1. The molecule has 228 valence electrons. The van der Waals surface area contributed by atoms with E-state index in [2.05, 4.69) is 15.2 Å². The van der Waals surface area contributed by atoms with E-state index in [1.54, 1.807) is 61.5 Å². The molecular weight excluding hydrogens is 560 g/mol. The van der Waals surface area contributed by atoms with E-state index in [4.69, 9.17) is 4.74 Å². The maximum atomic E-state index is 13.5. The Bertz CT molecular complexity index is 1530. The first-order valence-electron chi connectivity index (χ1n) is 14.8. The number of hydrogen-bond acceptors (Lipinski definition) is 7. The van der Waals surface area contributed by atoms with Crippen molar-refractivity contribution < 1.29 is 29.0 Å². The molecule has 2 aliphatic rings. The summed E-state index contributed by atoms with van der Waals surface area (Å²) in [6, 6.07) is 24.4. The van der Waals surface area contributed by atoms with Crippen LogP contribution < -0.4 is 5.32 Å². The van der Waals surface area contributed by atoms with Gasteiger partial charge in [-0.2, -0.15) is 0 Å². The largest absolute Gasteiger partial charge is 0.480 e. The van der Waals surface area contributed by atoms with Gasteiger partial charge >= 0.3 is 12.1 Å². The van der Waals surface area contributed by atoms with Gasteiger partial charge in [-0.05, 0) is 43.5 Å². The van der Waals surface area contributed by atoms with Crippen LogP contribution in [0.25, 0.3) is 0 Å². The van der Waals surface area contributed by atoms with E-state index < -0.39 is 29.9 Å². The number of carboxylic acid groups (broad SMARTS) is 1. The number of ether oxygens (including phenoxy) is 1. The van der Waals surface area contributed by atoms with E-state index in [-0.39, 0.29) is 31.5 Å². The van der Waals surface area contributed by atoms with Crippen molar-refractivity contribution in [1.82, 2.24) is 9.80 Å². The molecule has 5 rings (SSSR count). The molecule has 2 N–H and O–H groups in total. The number of anilines is 1. The minimum atomic E-state index is -1.33. The monoisotopic (exact) mass is 596 g/mol. The van der Waals surface area contributed by atoms with Crippen molar-refractivity contribution in [3.63, 3.8) is 0 Å². The highest BCUT2D eigenvalue weighted by atomic mass is 16.6. The molecule has 0 unspecified atom stereocenters. The Labute approximate surface area is 256 Å². The van der Waals surface area contributed by atoms with Gasteiger partial charge in [-0.1, -0.05) is 78.9 Å². The molecule has 2 saturated heterocycles. The first-order valence-corrected chi connectivity index (χ1v) is 14.8. The van der Waals surface area contributed by atoms with Crippen molar-refractivity contribution in [1.29, 1.82) is 0 Å². The summed E-state index contributed by atoms with van der Waals surface area (Å²) in [6.45, 7) is 3.42. The van der Waals surface area contributed by atoms with Crippen LogP contribution in [0.4, 0.5) is 10.5 Å². The number of imide groups is 1. The van der Waals surface area contributed by atoms with E-state index in [9.17, 15) is 24.3 Å². The molecule has 44 heavy (non-hydrogen) atoms. The van der Waals surface area contributed by atoms with E-state index in [1.165, 1.54) is 0 Å². The second-order valence-electron chi connectivity index (χ2n) is 11.0. The lowest BCUT2D eigenvalue weighted by Crippen LogP contribution is -2.39. The maximum absolute atomic E-state index is 13.5. The lowest BCUT2D eigenvalue weighted by atomic mass is 9.88. The first kappa shape index (κ1) is 30.6. The summed E-state index contributed by atoms with van der Waals surface area (Å²) >= 11 is 0. The molecule has 3 aromatic rings. The number of carboxylic acids is 1. The zero-order chi connectivity index (χ0) is 31.1. The molecule has 3 atom stereocenters. The van der Waals surface area contributed by atoms with Gasteiger partial charge in [0.1, 0.15) is 6.61 Å². The van der Waals surface area contributed by atoms with Crippen molar-refractivity contribution in [2.45, 2.75) is 50.7 Å². The lowest BCUT2D eigenvalue weighted by molar-refractivity contribution is -0.139. The number of hydrogen-bond donors (Lipinski definition) is 2. The number of carbonyl (C=O) groups excluding carboxylic acids is 3. The van der Waals surface area contributed by atoms with Crippen LogP contribution in [0.1, 0.15) is 48.8 Å². The SMILES string of the molecule is CC(=N[C@@H](C(=O)O)[C@@H](CC(=O)N1CCOC1=O)c1ccccc1)c1ccccc1NC(=O)[C@@H]1CCCN1Cc1ccccc1. The topological polar surface area (TPSA) is 129 Å². The Kier molecular flexibility index (Phi) is 9.81. The third kappa shape index (κ3) is 7.20. The summed E-state index contributed by atoms with van der Waals surface area (Å²) in [4.78, 5) is 59.1. The molecule has 3 aromatic carbocycles. The molecule has 0 saturated carbocycles. The van der Waals surface area contributed by atoms with Crippen molar-refractivity contribution in [2.24, 2.45) is 4.99 Å². The van der Waals surface area contributed by atoms with Gasteiger partial charge in [0.05, 0.1) is 12.6 Å². The molecule has 0 aromatic heterocycles. The molecule has 0 radical (unpaired) electrons. The van der Waals surface area contributed by atoms with Gasteiger partial charge in [0.15, 0.2) is 6.04 Å². The van der Waals surface area contributed by atoms with Crippen molar-refractivity contribution in [3.8, 4) is 0 Å². The zero-order valence-electron chi connectivity index (χ0n) is 24.6. The highest BCUT2D eigenvalue weighted by Gasteiger charge is 2.36. The number of nitrogens with zero attached hydrogens (tertiary/aromatic N) is 3. The second-order valence-corrected chi connectivity index (χ2v) is 11.0. The number of para-hydroxylation sites is 1. The van der Waals surface area contributed by atoms with Gasteiger partial charge in [0, 0.05) is 35.8 Å². The molecule has 2 heterocycles. The van der Waals surface area contributed by atoms with E-state index in [0.29, 0.717) is 29.1 Å². The van der Waals surface area contributed by atoms with Gasteiger partial charge < -0.3 is 15.2 Å². The Morgan fingerprint density at radius 3 is 2.34 bits per heavy atom. The summed E-state index contributed by atoms with van der Waals surface area (Å²) in [5, 5.41) is 13.4. The number of cyclic esters (lactones) is 1. The fourth-order valence-corrected chi connectivity index (χ4v) is 5.88. The highest BCUT2D eigenvalue weighted by molar-refractivity contribution is 6.08. The Morgan fingerprint density at radius 2 is 1.66 bits per heavy atom. The van der Waals surface area contributed by atoms with Crippen LogP contribution in [0.5, 0.6) is 0 Å². The smallest absolute Gasteiger partial charge is 0.416 e. The average molecular weight is 597 g/mol. The summed E-state index contributed by atoms with van der Waals surface area (Å²) in [7, 11) is 0. The quantitative estimate of drug-likeness (QED) is 0.307. The van der Waals surface area contributed by atoms with Crippen LogP contribution in [0.2, 0.25) is 0 Å². The van der Waals surface area contributed by atoms with Gasteiger partial charge in [-0.25, -0.2) is 14.5 Å². The summed E-state index contributed by atoms with van der Waals surface area (Å²) in [5.41, 5.74) is 3.26. The Hall–Kier alpha value is -4.83. The molecule has 10 nitrogen and oxygen atoms in total. The lowest BCUT2D eigenvalue weighted by Gasteiger charge is -2.25. The zero-order valence-corrected chi connectivity index (χ0v) is 24.6. The average Bonchev–Trinajstić information content (AvgIpc) is 3.68. The molecule has 0 spiro atoms. The van der Waals surface area contributed by atoms with Crippen LogP contribution in [0.3, 0.4) is 0 Å². The second kappa shape index (κ2) is 14.1. The van der Waals surface area contributed by atoms with Crippen molar-refractivity contribution in [3.05, 3.63) is 102 Å².